The van der Waals surface area contributed by atoms with Crippen molar-refractivity contribution in [2.75, 3.05) is 17.7 Å². The first-order valence-corrected chi connectivity index (χ1v) is 7.48. The predicted octanol–water partition coefficient (Wildman–Crippen LogP) is 4.71. The Hall–Kier alpha value is -0.990. The number of alkyl halides is 1. The van der Waals surface area contributed by atoms with Crippen LogP contribution in [-0.4, -0.2) is 17.4 Å². The fraction of sp³-hybridized carbons (Fsp3) is 0.400. The molecule has 19 heavy (non-hydrogen) atoms. The minimum atomic E-state index is 0.420. The van der Waals surface area contributed by atoms with E-state index in [2.05, 4.69) is 10.3 Å². The van der Waals surface area contributed by atoms with Crippen LogP contribution in [-0.2, 0) is 0 Å². The topological polar surface area (TPSA) is 24.9 Å². The van der Waals surface area contributed by atoms with Gasteiger partial charge in [-0.05, 0) is 48.9 Å². The van der Waals surface area contributed by atoms with Crippen LogP contribution in [0.15, 0.2) is 30.5 Å². The van der Waals surface area contributed by atoms with E-state index in [-0.39, 0.29) is 0 Å². The molecule has 0 radical (unpaired) electrons. The summed E-state index contributed by atoms with van der Waals surface area (Å²) in [6, 6.07) is 7.84. The van der Waals surface area contributed by atoms with Crippen LogP contribution in [0.5, 0.6) is 0 Å². The number of pyridine rings is 1. The largest absolute Gasteiger partial charge is 0.384 e. The Labute approximate surface area is 123 Å². The maximum Gasteiger partial charge on any atom is 0.0737 e. The fourth-order valence-corrected chi connectivity index (χ4v) is 3.02. The molecule has 0 bridgehead atoms. The number of benzene rings is 1. The molecule has 3 rings (SSSR count). The Bertz CT molecular complexity index is 594. The minimum absolute atomic E-state index is 0.420. The van der Waals surface area contributed by atoms with E-state index in [9.17, 15) is 0 Å². The van der Waals surface area contributed by atoms with Crippen LogP contribution in [0.4, 0.5) is 5.69 Å². The summed E-state index contributed by atoms with van der Waals surface area (Å²) in [5, 5.41) is 5.39. The minimum Gasteiger partial charge on any atom is -0.384 e. The maximum absolute atomic E-state index is 6.00. The monoisotopic (exact) mass is 294 g/mol. The van der Waals surface area contributed by atoms with Crippen LogP contribution in [0.1, 0.15) is 19.3 Å². The third-order valence-electron chi connectivity index (χ3n) is 3.94. The predicted molar refractivity (Wildman–Crippen MR) is 82.2 cm³/mol. The summed E-state index contributed by atoms with van der Waals surface area (Å²) >= 11 is 11.9. The highest BCUT2D eigenvalue weighted by atomic mass is 35.5. The second-order valence-electron chi connectivity index (χ2n) is 5.31. The molecule has 1 aromatic heterocycles. The first kappa shape index (κ1) is 13.0. The van der Waals surface area contributed by atoms with E-state index in [4.69, 9.17) is 23.2 Å². The molecule has 0 saturated heterocycles. The molecular formula is C15H16Cl2N2. The van der Waals surface area contributed by atoms with Crippen LogP contribution in [0.3, 0.4) is 0 Å². The lowest BCUT2D eigenvalue weighted by Crippen LogP contribution is -2.16. The van der Waals surface area contributed by atoms with Crippen molar-refractivity contribution in [2.24, 2.45) is 5.41 Å². The number of aromatic nitrogens is 1. The number of hydrogen-bond acceptors (Lipinski definition) is 2. The standard InChI is InChI=1S/C15H16Cl2N2/c16-7-6-15(4-5-15)10-19-13-3-8-18-14-9-11(17)1-2-12(13)14/h1-3,8-9H,4-7,10H2,(H,18,19). The molecule has 1 fully saturated rings. The molecule has 0 spiro atoms. The number of rotatable bonds is 5. The van der Waals surface area contributed by atoms with Gasteiger partial charge in [-0.1, -0.05) is 11.6 Å². The van der Waals surface area contributed by atoms with Crippen molar-refractivity contribution < 1.29 is 0 Å². The number of anilines is 1. The lowest BCUT2D eigenvalue weighted by atomic mass is 10.0. The van der Waals surface area contributed by atoms with Crippen molar-refractivity contribution in [1.29, 1.82) is 0 Å². The Morgan fingerprint density at radius 1 is 1.26 bits per heavy atom. The van der Waals surface area contributed by atoms with Crippen molar-refractivity contribution in [3.63, 3.8) is 0 Å². The van der Waals surface area contributed by atoms with Crippen LogP contribution < -0.4 is 5.32 Å². The molecule has 0 aliphatic heterocycles. The van der Waals surface area contributed by atoms with Gasteiger partial charge >= 0.3 is 0 Å². The molecule has 1 aromatic carbocycles. The summed E-state index contributed by atoms with van der Waals surface area (Å²) in [6.45, 7) is 0.988. The zero-order chi connectivity index (χ0) is 13.3. The van der Waals surface area contributed by atoms with Crippen LogP contribution >= 0.6 is 23.2 Å². The molecule has 4 heteroatoms. The van der Waals surface area contributed by atoms with E-state index >= 15 is 0 Å². The molecule has 2 aromatic rings. The molecule has 0 atom stereocenters. The van der Waals surface area contributed by atoms with E-state index in [1.54, 1.807) is 0 Å². The van der Waals surface area contributed by atoms with Gasteiger partial charge < -0.3 is 5.32 Å². The van der Waals surface area contributed by atoms with E-state index in [1.807, 2.05) is 30.5 Å². The van der Waals surface area contributed by atoms with Gasteiger partial charge in [0.1, 0.15) is 0 Å². The van der Waals surface area contributed by atoms with Gasteiger partial charge in [-0.15, -0.1) is 11.6 Å². The molecule has 1 saturated carbocycles. The first-order chi connectivity index (χ1) is 9.22. The summed E-state index contributed by atoms with van der Waals surface area (Å²) in [5.41, 5.74) is 2.48. The number of halogens is 2. The van der Waals surface area contributed by atoms with Gasteiger partial charge in [0.25, 0.3) is 0 Å². The number of hydrogen-bond donors (Lipinski definition) is 1. The van der Waals surface area contributed by atoms with E-state index in [0.717, 1.165) is 40.5 Å². The zero-order valence-electron chi connectivity index (χ0n) is 10.6. The highest BCUT2D eigenvalue weighted by Gasteiger charge is 2.41. The fourth-order valence-electron chi connectivity index (χ4n) is 2.45. The van der Waals surface area contributed by atoms with Crippen molar-refractivity contribution >= 4 is 39.8 Å². The summed E-state index contributed by atoms with van der Waals surface area (Å²) in [7, 11) is 0. The third-order valence-corrected chi connectivity index (χ3v) is 4.36. The van der Waals surface area contributed by atoms with Crippen LogP contribution in [0.25, 0.3) is 10.9 Å². The van der Waals surface area contributed by atoms with Gasteiger partial charge in [-0.3, -0.25) is 4.98 Å². The van der Waals surface area contributed by atoms with E-state index in [0.29, 0.717) is 5.41 Å². The van der Waals surface area contributed by atoms with Crippen LogP contribution in [0, 0.1) is 5.41 Å². The van der Waals surface area contributed by atoms with Gasteiger partial charge in [-0.2, -0.15) is 0 Å². The molecule has 100 valence electrons. The Kier molecular flexibility index (Phi) is 3.55. The van der Waals surface area contributed by atoms with Crippen molar-refractivity contribution in [2.45, 2.75) is 19.3 Å². The number of fused-ring (bicyclic) bond motifs is 1. The highest BCUT2D eigenvalue weighted by Crippen LogP contribution is 2.49. The highest BCUT2D eigenvalue weighted by molar-refractivity contribution is 6.31. The third kappa shape index (κ3) is 2.80. The molecule has 1 aliphatic carbocycles. The van der Waals surface area contributed by atoms with Gasteiger partial charge in [0.2, 0.25) is 0 Å². The second kappa shape index (κ2) is 5.18. The average molecular weight is 295 g/mol. The number of nitrogens with one attached hydrogen (secondary N) is 1. The molecule has 1 aliphatic rings. The number of nitrogens with zero attached hydrogens (tertiary/aromatic N) is 1. The molecule has 1 N–H and O–H groups in total. The van der Waals surface area contributed by atoms with Crippen molar-refractivity contribution in [3.8, 4) is 0 Å². The summed E-state index contributed by atoms with van der Waals surface area (Å²) in [5.74, 6) is 0.744. The Balaban J connectivity index is 1.81. The molecule has 1 heterocycles. The van der Waals surface area contributed by atoms with E-state index in [1.165, 1.54) is 12.8 Å². The Morgan fingerprint density at radius 3 is 2.84 bits per heavy atom. The van der Waals surface area contributed by atoms with Crippen molar-refractivity contribution in [1.82, 2.24) is 4.98 Å². The van der Waals surface area contributed by atoms with Gasteiger partial charge in [0.05, 0.1) is 5.52 Å². The summed E-state index contributed by atoms with van der Waals surface area (Å²) in [4.78, 5) is 4.35. The SMILES string of the molecule is ClCCC1(CNc2ccnc3cc(Cl)ccc23)CC1. The van der Waals surface area contributed by atoms with Gasteiger partial charge in [-0.25, -0.2) is 0 Å². The lowest BCUT2D eigenvalue weighted by molar-refractivity contribution is 0.525. The average Bonchev–Trinajstić information content (AvgIpc) is 3.16. The second-order valence-corrected chi connectivity index (χ2v) is 6.13. The van der Waals surface area contributed by atoms with E-state index < -0.39 is 0 Å². The normalized spacial score (nSPS) is 16.5. The summed E-state index contributed by atoms with van der Waals surface area (Å²) < 4.78 is 0. The quantitative estimate of drug-likeness (QED) is 0.808. The first-order valence-electron chi connectivity index (χ1n) is 6.57. The Morgan fingerprint density at radius 2 is 2.11 bits per heavy atom. The smallest absolute Gasteiger partial charge is 0.0737 e. The van der Waals surface area contributed by atoms with Gasteiger partial charge in [0.15, 0.2) is 0 Å². The summed E-state index contributed by atoms with van der Waals surface area (Å²) in [6.07, 6.45) is 5.47. The maximum atomic E-state index is 6.00. The lowest BCUT2D eigenvalue weighted by Gasteiger charge is -2.16. The van der Waals surface area contributed by atoms with Crippen LogP contribution in [0.2, 0.25) is 5.02 Å². The van der Waals surface area contributed by atoms with Crippen molar-refractivity contribution in [3.05, 3.63) is 35.5 Å². The zero-order valence-corrected chi connectivity index (χ0v) is 12.1. The molecule has 0 unspecified atom stereocenters. The molecule has 0 amide bonds. The molecular weight excluding hydrogens is 279 g/mol. The molecule has 2 nitrogen and oxygen atoms in total. The van der Waals surface area contributed by atoms with Gasteiger partial charge in [0, 0.05) is 34.7 Å².